The van der Waals surface area contributed by atoms with Crippen molar-refractivity contribution in [1.82, 2.24) is 19.6 Å². The molecule has 2 N–H and O–H groups in total. The van der Waals surface area contributed by atoms with Crippen LogP contribution in [-0.2, 0) is 23.4 Å². The van der Waals surface area contributed by atoms with Crippen LogP contribution in [0.5, 0.6) is 0 Å². The molecule has 3 aromatic carbocycles. The SMILES string of the molecule is O=C(O)C(Nc1cnn(Cc2ccccc2)c(=O)c1Br)(c1ccccc1)c1nn(Cc2ccccc2)c(=O)c(Br)c1Br. The summed E-state index contributed by atoms with van der Waals surface area (Å²) < 4.78 is 2.81. The highest BCUT2D eigenvalue weighted by atomic mass is 79.9. The predicted octanol–water partition coefficient (Wildman–Crippen LogP) is 5.62. The number of rotatable bonds is 9. The van der Waals surface area contributed by atoms with Gasteiger partial charge in [-0.3, -0.25) is 9.59 Å². The molecule has 0 amide bonds. The van der Waals surface area contributed by atoms with Gasteiger partial charge in [-0.1, -0.05) is 91.0 Å². The number of hydrogen-bond acceptors (Lipinski definition) is 6. The fourth-order valence-electron chi connectivity index (χ4n) is 4.48. The van der Waals surface area contributed by atoms with E-state index in [1.807, 2.05) is 60.7 Å². The Morgan fingerprint density at radius 1 is 0.738 bits per heavy atom. The van der Waals surface area contributed by atoms with E-state index >= 15 is 0 Å². The Hall–Kier alpha value is -3.87. The van der Waals surface area contributed by atoms with E-state index in [1.165, 1.54) is 15.6 Å². The second-order valence-corrected chi connectivity index (χ2v) is 11.7. The van der Waals surface area contributed by atoms with E-state index in [9.17, 15) is 19.5 Å². The topological polar surface area (TPSA) is 119 Å². The molecule has 212 valence electrons. The number of carboxylic acid groups (broad SMARTS) is 1. The maximum atomic E-state index is 13.4. The number of anilines is 1. The molecule has 12 heteroatoms. The monoisotopic (exact) mass is 753 g/mol. The zero-order valence-corrected chi connectivity index (χ0v) is 26.5. The van der Waals surface area contributed by atoms with Gasteiger partial charge in [-0.2, -0.15) is 10.2 Å². The Balaban J connectivity index is 1.69. The second-order valence-electron chi connectivity index (χ2n) is 9.29. The highest BCUT2D eigenvalue weighted by molar-refractivity contribution is 9.13. The van der Waals surface area contributed by atoms with Crippen LogP contribution in [0.1, 0.15) is 22.4 Å². The number of halogens is 3. The molecular weight excluding hydrogens is 734 g/mol. The van der Waals surface area contributed by atoms with Crippen molar-refractivity contribution in [1.29, 1.82) is 0 Å². The average Bonchev–Trinajstić information content (AvgIpc) is 3.01. The first kappa shape index (κ1) is 29.6. The minimum Gasteiger partial charge on any atom is -0.479 e. The average molecular weight is 756 g/mol. The first-order valence-corrected chi connectivity index (χ1v) is 15.0. The van der Waals surface area contributed by atoms with Crippen molar-refractivity contribution in [3.63, 3.8) is 0 Å². The Morgan fingerprint density at radius 2 is 1.24 bits per heavy atom. The summed E-state index contributed by atoms with van der Waals surface area (Å²) in [6, 6.07) is 27.0. The third-order valence-electron chi connectivity index (χ3n) is 6.58. The molecule has 1 unspecified atom stereocenters. The van der Waals surface area contributed by atoms with E-state index in [2.05, 4.69) is 63.3 Å². The van der Waals surface area contributed by atoms with Gasteiger partial charge in [0.1, 0.15) is 14.6 Å². The van der Waals surface area contributed by atoms with Gasteiger partial charge in [0.25, 0.3) is 11.1 Å². The number of nitrogens with one attached hydrogen (secondary N) is 1. The molecule has 9 nitrogen and oxygen atoms in total. The van der Waals surface area contributed by atoms with Crippen LogP contribution in [-0.4, -0.2) is 30.6 Å². The fourth-order valence-corrected chi connectivity index (χ4v) is 5.83. The van der Waals surface area contributed by atoms with Crippen molar-refractivity contribution in [2.75, 3.05) is 5.32 Å². The van der Waals surface area contributed by atoms with Crippen molar-refractivity contribution >= 4 is 59.4 Å². The van der Waals surface area contributed by atoms with Crippen molar-refractivity contribution in [2.45, 2.75) is 18.6 Å². The zero-order valence-electron chi connectivity index (χ0n) is 21.7. The summed E-state index contributed by atoms with van der Waals surface area (Å²) in [5, 5.41) is 22.9. The maximum Gasteiger partial charge on any atom is 0.340 e. The van der Waals surface area contributed by atoms with Crippen LogP contribution in [0, 0.1) is 0 Å². The standard InChI is InChI=1S/C30H22Br3N5O4/c31-23-22(16-34-37(27(23)39)17-19-10-4-1-5-11-19)35-30(29(41)42,21-14-8-3-9-15-21)26-24(32)25(33)28(40)38(36-26)18-20-12-6-2-7-13-20/h1-16,35H,17-18H2,(H,41,42). The number of nitrogens with zero attached hydrogens (tertiary/aromatic N) is 4. The first-order chi connectivity index (χ1) is 20.2. The van der Waals surface area contributed by atoms with Crippen LogP contribution in [0.3, 0.4) is 0 Å². The summed E-state index contributed by atoms with van der Waals surface area (Å²) in [6.07, 6.45) is 1.39. The number of hydrogen-bond donors (Lipinski definition) is 2. The molecule has 5 aromatic rings. The quantitative estimate of drug-likeness (QED) is 0.201. The number of carbonyl (C=O) groups is 1. The number of benzene rings is 3. The molecule has 0 fully saturated rings. The van der Waals surface area contributed by atoms with E-state index in [4.69, 9.17) is 0 Å². The second kappa shape index (κ2) is 12.6. The van der Waals surface area contributed by atoms with Gasteiger partial charge in [-0.15, -0.1) is 0 Å². The summed E-state index contributed by atoms with van der Waals surface area (Å²) in [7, 11) is 0. The van der Waals surface area contributed by atoms with Gasteiger partial charge in [0.15, 0.2) is 0 Å². The normalized spacial score (nSPS) is 12.5. The van der Waals surface area contributed by atoms with E-state index < -0.39 is 22.6 Å². The van der Waals surface area contributed by atoms with Gasteiger partial charge in [0, 0.05) is 0 Å². The fraction of sp³-hybridized carbons (Fsp3) is 0.100. The predicted molar refractivity (Wildman–Crippen MR) is 170 cm³/mol. The van der Waals surface area contributed by atoms with Crippen LogP contribution in [0.4, 0.5) is 5.69 Å². The molecule has 2 aromatic heterocycles. The van der Waals surface area contributed by atoms with Crippen molar-refractivity contribution in [2.24, 2.45) is 0 Å². The third-order valence-corrected chi connectivity index (χ3v) is 9.39. The van der Waals surface area contributed by atoms with Gasteiger partial charge in [0.2, 0.25) is 5.54 Å². The van der Waals surface area contributed by atoms with Gasteiger partial charge < -0.3 is 10.4 Å². The smallest absolute Gasteiger partial charge is 0.340 e. The van der Waals surface area contributed by atoms with Crippen LogP contribution in [0.25, 0.3) is 0 Å². The van der Waals surface area contributed by atoms with Crippen molar-refractivity contribution in [3.8, 4) is 0 Å². The Labute approximate surface area is 265 Å². The van der Waals surface area contributed by atoms with Crippen LogP contribution >= 0.6 is 47.8 Å². The molecule has 0 aliphatic rings. The number of aromatic nitrogens is 4. The molecule has 5 rings (SSSR count). The molecule has 1 atom stereocenters. The number of carboxylic acids is 1. The van der Waals surface area contributed by atoms with E-state index in [0.29, 0.717) is 5.56 Å². The lowest BCUT2D eigenvalue weighted by molar-refractivity contribution is -0.141. The Kier molecular flexibility index (Phi) is 8.85. The summed E-state index contributed by atoms with van der Waals surface area (Å²) in [5.41, 5.74) is -0.867. The van der Waals surface area contributed by atoms with Crippen LogP contribution in [0.2, 0.25) is 0 Å². The molecule has 42 heavy (non-hydrogen) atoms. The van der Waals surface area contributed by atoms with Gasteiger partial charge >= 0.3 is 5.97 Å². The molecule has 0 saturated heterocycles. The molecule has 0 radical (unpaired) electrons. The number of aliphatic carboxylic acids is 1. The summed E-state index contributed by atoms with van der Waals surface area (Å²) in [4.78, 5) is 40.0. The van der Waals surface area contributed by atoms with E-state index in [-0.39, 0.29) is 37.9 Å². The molecule has 0 saturated carbocycles. The first-order valence-electron chi connectivity index (χ1n) is 12.6. The zero-order chi connectivity index (χ0) is 29.9. The molecule has 2 heterocycles. The lowest BCUT2D eigenvalue weighted by atomic mass is 9.85. The highest BCUT2D eigenvalue weighted by Crippen LogP contribution is 2.39. The van der Waals surface area contributed by atoms with Gasteiger partial charge in [-0.25, -0.2) is 14.2 Å². The summed E-state index contributed by atoms with van der Waals surface area (Å²) in [6.45, 7) is 0.329. The van der Waals surface area contributed by atoms with E-state index in [1.54, 1.807) is 30.3 Å². The Morgan fingerprint density at radius 3 is 1.79 bits per heavy atom. The lowest BCUT2D eigenvalue weighted by Gasteiger charge is -2.33. The molecule has 0 aliphatic heterocycles. The Bertz CT molecular complexity index is 1870. The third kappa shape index (κ3) is 5.74. The van der Waals surface area contributed by atoms with Crippen LogP contribution in [0.15, 0.2) is 120 Å². The lowest BCUT2D eigenvalue weighted by Crippen LogP contribution is -2.47. The minimum absolute atomic E-state index is 0.0102. The minimum atomic E-state index is -2.06. The largest absolute Gasteiger partial charge is 0.479 e. The van der Waals surface area contributed by atoms with Crippen molar-refractivity contribution in [3.05, 3.63) is 154 Å². The molecular formula is C30H22Br3N5O4. The molecule has 0 bridgehead atoms. The van der Waals surface area contributed by atoms with Gasteiger partial charge in [-0.05, 0) is 64.5 Å². The maximum absolute atomic E-state index is 13.4. The highest BCUT2D eigenvalue weighted by Gasteiger charge is 2.47. The van der Waals surface area contributed by atoms with E-state index in [0.717, 1.165) is 11.1 Å². The van der Waals surface area contributed by atoms with Crippen LogP contribution < -0.4 is 16.4 Å². The summed E-state index contributed by atoms with van der Waals surface area (Å²) >= 11 is 10.1. The molecule has 0 aliphatic carbocycles. The van der Waals surface area contributed by atoms with Crippen molar-refractivity contribution < 1.29 is 9.90 Å². The van der Waals surface area contributed by atoms with Gasteiger partial charge in [0.05, 0.1) is 29.4 Å². The summed E-state index contributed by atoms with van der Waals surface area (Å²) in [5.74, 6) is -1.32. The molecule has 0 spiro atoms.